The highest BCUT2D eigenvalue weighted by Crippen LogP contribution is 2.33. The van der Waals surface area contributed by atoms with E-state index >= 15 is 0 Å². The van der Waals surface area contributed by atoms with Gasteiger partial charge in [-0.1, -0.05) is 13.8 Å². The molecule has 0 bridgehead atoms. The lowest BCUT2D eigenvalue weighted by Gasteiger charge is -2.18. The van der Waals surface area contributed by atoms with Gasteiger partial charge in [-0.25, -0.2) is 8.42 Å². The summed E-state index contributed by atoms with van der Waals surface area (Å²) in [7, 11) is -2.06. The third-order valence-corrected chi connectivity index (χ3v) is 5.63. The third kappa shape index (κ3) is 2.55. The average molecular weight is 284 g/mol. The highest BCUT2D eigenvalue weighted by atomic mass is 32.2. The maximum absolute atomic E-state index is 12.6. The Labute approximate surface area is 114 Å². The molecular weight excluding hydrogens is 264 g/mol. The number of sulfonamides is 1. The lowest BCUT2D eigenvalue weighted by molar-refractivity contribution is 0.397. The van der Waals surface area contributed by atoms with Crippen molar-refractivity contribution >= 4 is 15.7 Å². The fraction of sp³-hybridized carbons (Fsp3) is 0.538. The number of nitrogens with zero attached hydrogens (tertiary/aromatic N) is 1. The smallest absolute Gasteiger partial charge is 0.246 e. The van der Waals surface area contributed by atoms with Gasteiger partial charge in [-0.15, -0.1) is 0 Å². The second kappa shape index (κ2) is 5.02. The Kier molecular flexibility index (Phi) is 3.73. The normalized spacial score (nSPS) is 24.6. The molecule has 0 amide bonds. The second-order valence-electron chi connectivity index (χ2n) is 5.19. The van der Waals surface area contributed by atoms with Crippen LogP contribution in [0.1, 0.15) is 13.8 Å². The van der Waals surface area contributed by atoms with Gasteiger partial charge in [0.05, 0.1) is 7.11 Å². The number of anilines is 1. The summed E-state index contributed by atoms with van der Waals surface area (Å²) in [4.78, 5) is 0.186. The van der Waals surface area contributed by atoms with Gasteiger partial charge in [-0.3, -0.25) is 0 Å². The number of methoxy groups -OCH3 is 1. The van der Waals surface area contributed by atoms with E-state index in [1.807, 2.05) is 0 Å². The summed E-state index contributed by atoms with van der Waals surface area (Å²) in [5, 5.41) is 0. The minimum Gasteiger partial charge on any atom is -0.495 e. The first kappa shape index (κ1) is 14.1. The van der Waals surface area contributed by atoms with Crippen molar-refractivity contribution < 1.29 is 13.2 Å². The van der Waals surface area contributed by atoms with Crippen LogP contribution in [0.4, 0.5) is 5.69 Å². The largest absolute Gasteiger partial charge is 0.495 e. The van der Waals surface area contributed by atoms with Crippen molar-refractivity contribution in [2.24, 2.45) is 11.8 Å². The minimum absolute atomic E-state index is 0.186. The van der Waals surface area contributed by atoms with Crippen molar-refractivity contribution in [1.82, 2.24) is 4.31 Å². The van der Waals surface area contributed by atoms with Gasteiger partial charge in [0.1, 0.15) is 10.6 Å². The predicted octanol–water partition coefficient (Wildman–Crippen LogP) is 1.55. The molecule has 1 heterocycles. The van der Waals surface area contributed by atoms with Crippen LogP contribution >= 0.6 is 0 Å². The maximum Gasteiger partial charge on any atom is 0.246 e. The van der Waals surface area contributed by atoms with Crippen molar-refractivity contribution in [2.45, 2.75) is 18.7 Å². The van der Waals surface area contributed by atoms with Crippen LogP contribution < -0.4 is 10.5 Å². The van der Waals surface area contributed by atoms with E-state index in [1.165, 1.54) is 23.5 Å². The van der Waals surface area contributed by atoms with E-state index in [-0.39, 0.29) is 4.90 Å². The van der Waals surface area contributed by atoms with Gasteiger partial charge in [-0.2, -0.15) is 4.31 Å². The zero-order valence-electron chi connectivity index (χ0n) is 11.5. The molecule has 5 nitrogen and oxygen atoms in total. The monoisotopic (exact) mass is 284 g/mol. The summed E-state index contributed by atoms with van der Waals surface area (Å²) in [6, 6.07) is 4.63. The Bertz CT molecular complexity index is 561. The van der Waals surface area contributed by atoms with Gasteiger partial charge in [0.15, 0.2) is 0 Å². The summed E-state index contributed by atoms with van der Waals surface area (Å²) < 4.78 is 31.9. The lowest BCUT2D eigenvalue weighted by Crippen LogP contribution is -2.29. The first-order valence-corrected chi connectivity index (χ1v) is 7.74. The molecule has 1 saturated heterocycles. The van der Waals surface area contributed by atoms with Crippen LogP contribution in [0.15, 0.2) is 23.1 Å². The standard InChI is InChI=1S/C13H20N2O3S/c1-9-7-15(8-10(9)2)19(16,17)13-5-4-11(14)6-12(13)18-3/h4-6,9-10H,7-8,14H2,1-3H3. The molecule has 2 unspecified atom stereocenters. The Hall–Kier alpha value is -1.27. The van der Waals surface area contributed by atoms with Crippen LogP contribution in [0.2, 0.25) is 0 Å². The lowest BCUT2D eigenvalue weighted by atomic mass is 10.0. The molecule has 1 aromatic carbocycles. The van der Waals surface area contributed by atoms with Crippen LogP contribution in [0.5, 0.6) is 5.75 Å². The van der Waals surface area contributed by atoms with E-state index < -0.39 is 10.0 Å². The van der Waals surface area contributed by atoms with E-state index in [4.69, 9.17) is 10.5 Å². The fourth-order valence-corrected chi connectivity index (χ4v) is 4.09. The zero-order chi connectivity index (χ0) is 14.2. The molecule has 0 aliphatic carbocycles. The van der Waals surface area contributed by atoms with Crippen LogP contribution in [0.3, 0.4) is 0 Å². The number of hydrogen-bond donors (Lipinski definition) is 1. The van der Waals surface area contributed by atoms with E-state index in [2.05, 4.69) is 13.8 Å². The van der Waals surface area contributed by atoms with E-state index in [0.29, 0.717) is 36.4 Å². The second-order valence-corrected chi connectivity index (χ2v) is 7.09. The van der Waals surface area contributed by atoms with Gasteiger partial charge in [0.2, 0.25) is 10.0 Å². The Morgan fingerprint density at radius 1 is 1.26 bits per heavy atom. The van der Waals surface area contributed by atoms with Crippen molar-refractivity contribution in [3.8, 4) is 5.75 Å². The summed E-state index contributed by atoms with van der Waals surface area (Å²) in [5.41, 5.74) is 6.14. The Morgan fingerprint density at radius 2 is 1.84 bits per heavy atom. The summed E-state index contributed by atoms with van der Waals surface area (Å²) in [6.45, 7) is 5.24. The molecule has 6 heteroatoms. The molecule has 1 fully saturated rings. The molecule has 0 spiro atoms. The van der Waals surface area contributed by atoms with Crippen LogP contribution in [0, 0.1) is 11.8 Å². The SMILES string of the molecule is COc1cc(N)ccc1S(=O)(=O)N1CC(C)C(C)C1. The highest BCUT2D eigenvalue weighted by molar-refractivity contribution is 7.89. The van der Waals surface area contributed by atoms with Crippen molar-refractivity contribution in [2.75, 3.05) is 25.9 Å². The quantitative estimate of drug-likeness (QED) is 0.855. The number of ether oxygens (including phenoxy) is 1. The molecule has 1 aliphatic heterocycles. The summed E-state index contributed by atoms with van der Waals surface area (Å²) in [5.74, 6) is 1.04. The van der Waals surface area contributed by atoms with Crippen LogP contribution in [-0.2, 0) is 10.0 Å². The molecule has 19 heavy (non-hydrogen) atoms. The number of nitrogen functional groups attached to an aromatic ring is 1. The van der Waals surface area contributed by atoms with Crippen molar-refractivity contribution in [3.05, 3.63) is 18.2 Å². The number of nitrogens with two attached hydrogens (primary N) is 1. The minimum atomic E-state index is -3.51. The summed E-state index contributed by atoms with van der Waals surface area (Å²) in [6.07, 6.45) is 0. The number of hydrogen-bond acceptors (Lipinski definition) is 4. The topological polar surface area (TPSA) is 72.6 Å². The number of rotatable bonds is 3. The Balaban J connectivity index is 2.40. The van der Waals surface area contributed by atoms with Gasteiger partial charge >= 0.3 is 0 Å². The number of benzene rings is 1. The van der Waals surface area contributed by atoms with Crippen molar-refractivity contribution in [3.63, 3.8) is 0 Å². The first-order chi connectivity index (χ1) is 8.86. The molecule has 1 aromatic rings. The molecule has 0 saturated carbocycles. The summed E-state index contributed by atoms with van der Waals surface area (Å²) >= 11 is 0. The molecular formula is C13H20N2O3S. The highest BCUT2D eigenvalue weighted by Gasteiger charge is 2.36. The van der Waals surface area contributed by atoms with Crippen LogP contribution in [-0.4, -0.2) is 32.9 Å². The van der Waals surface area contributed by atoms with E-state index in [0.717, 1.165) is 0 Å². The first-order valence-electron chi connectivity index (χ1n) is 6.30. The van der Waals surface area contributed by atoms with E-state index in [1.54, 1.807) is 6.07 Å². The maximum atomic E-state index is 12.6. The Morgan fingerprint density at radius 3 is 2.37 bits per heavy atom. The predicted molar refractivity (Wildman–Crippen MR) is 74.5 cm³/mol. The molecule has 1 aliphatic rings. The molecule has 2 N–H and O–H groups in total. The van der Waals surface area contributed by atoms with E-state index in [9.17, 15) is 8.42 Å². The van der Waals surface area contributed by atoms with Gasteiger partial charge < -0.3 is 10.5 Å². The van der Waals surface area contributed by atoms with Crippen molar-refractivity contribution in [1.29, 1.82) is 0 Å². The third-order valence-electron chi connectivity index (χ3n) is 3.76. The average Bonchev–Trinajstić information content (AvgIpc) is 2.70. The fourth-order valence-electron chi connectivity index (χ4n) is 2.31. The van der Waals surface area contributed by atoms with Gasteiger partial charge in [0.25, 0.3) is 0 Å². The van der Waals surface area contributed by atoms with Crippen LogP contribution in [0.25, 0.3) is 0 Å². The zero-order valence-corrected chi connectivity index (χ0v) is 12.3. The molecule has 2 rings (SSSR count). The molecule has 0 aromatic heterocycles. The van der Waals surface area contributed by atoms with Gasteiger partial charge in [0, 0.05) is 24.8 Å². The molecule has 2 atom stereocenters. The molecule has 0 radical (unpaired) electrons. The molecule has 106 valence electrons. The van der Waals surface area contributed by atoms with Gasteiger partial charge in [-0.05, 0) is 24.0 Å².